The van der Waals surface area contributed by atoms with Crippen molar-refractivity contribution in [2.75, 3.05) is 0 Å². The van der Waals surface area contributed by atoms with Gasteiger partial charge in [-0.1, -0.05) is 0 Å². The molecule has 2 atom stereocenters. The minimum atomic E-state index is -0.102. The zero-order chi connectivity index (χ0) is 9.14. The van der Waals surface area contributed by atoms with Crippen molar-refractivity contribution in [2.24, 2.45) is 0 Å². The van der Waals surface area contributed by atoms with E-state index in [9.17, 15) is 4.79 Å². The first-order valence-electron chi connectivity index (χ1n) is 4.56. The molecule has 0 aromatic rings. The minimum absolute atomic E-state index is 0.00444. The van der Waals surface area contributed by atoms with Gasteiger partial charge in [-0.05, 0) is 33.6 Å². The normalized spacial score (nSPS) is 29.3. The Kier molecular flexibility index (Phi) is 3.09. The first-order chi connectivity index (χ1) is 5.59. The van der Waals surface area contributed by atoms with Gasteiger partial charge in [-0.2, -0.15) is 0 Å². The molecule has 1 N–H and O–H groups in total. The number of ether oxygens (including phenoxy) is 1. The number of esters is 1. The van der Waals surface area contributed by atoms with Crippen molar-refractivity contribution in [3.05, 3.63) is 0 Å². The third-order valence-corrected chi connectivity index (χ3v) is 2.01. The van der Waals surface area contributed by atoms with E-state index in [0.717, 1.165) is 12.8 Å². The Morgan fingerprint density at radius 2 is 2.17 bits per heavy atom. The maximum Gasteiger partial charge on any atom is 0.323 e. The van der Waals surface area contributed by atoms with E-state index in [-0.39, 0.29) is 18.1 Å². The van der Waals surface area contributed by atoms with Crippen LogP contribution in [0.1, 0.15) is 33.6 Å². The molecule has 0 saturated carbocycles. The van der Waals surface area contributed by atoms with Crippen LogP contribution in [0.15, 0.2) is 0 Å². The third-order valence-electron chi connectivity index (χ3n) is 2.01. The summed E-state index contributed by atoms with van der Waals surface area (Å²) in [5.74, 6) is -0.102. The Bertz CT molecular complexity index is 168. The minimum Gasteiger partial charge on any atom is -0.462 e. The second-order valence-corrected chi connectivity index (χ2v) is 3.68. The van der Waals surface area contributed by atoms with Gasteiger partial charge in [0.15, 0.2) is 0 Å². The number of carbonyl (C=O) groups is 1. The summed E-state index contributed by atoms with van der Waals surface area (Å²) in [6.07, 6.45) is 1.97. The molecule has 0 spiro atoms. The monoisotopic (exact) mass is 171 g/mol. The molecule has 70 valence electrons. The van der Waals surface area contributed by atoms with E-state index in [1.54, 1.807) is 0 Å². The van der Waals surface area contributed by atoms with Crippen LogP contribution in [-0.4, -0.2) is 24.2 Å². The summed E-state index contributed by atoms with van der Waals surface area (Å²) in [4.78, 5) is 11.3. The van der Waals surface area contributed by atoms with Crippen LogP contribution in [0.25, 0.3) is 0 Å². The van der Waals surface area contributed by atoms with E-state index < -0.39 is 0 Å². The lowest BCUT2D eigenvalue weighted by atomic mass is 10.2. The standard InChI is InChI=1S/C9H17NO2/c1-6(2)12-9(11)8-5-4-7(3)10-8/h6-8,10H,4-5H2,1-3H3. The molecule has 0 aromatic carbocycles. The fourth-order valence-electron chi connectivity index (χ4n) is 1.43. The van der Waals surface area contributed by atoms with E-state index in [1.807, 2.05) is 13.8 Å². The molecule has 1 rings (SSSR count). The molecule has 1 heterocycles. The quantitative estimate of drug-likeness (QED) is 0.632. The van der Waals surface area contributed by atoms with Crippen LogP contribution >= 0.6 is 0 Å². The van der Waals surface area contributed by atoms with Crippen LogP contribution < -0.4 is 5.32 Å². The Morgan fingerprint density at radius 1 is 1.50 bits per heavy atom. The Labute approximate surface area is 73.5 Å². The topological polar surface area (TPSA) is 38.3 Å². The summed E-state index contributed by atoms with van der Waals surface area (Å²) < 4.78 is 5.08. The first-order valence-corrected chi connectivity index (χ1v) is 4.56. The smallest absolute Gasteiger partial charge is 0.323 e. The van der Waals surface area contributed by atoms with E-state index in [2.05, 4.69) is 12.2 Å². The summed E-state index contributed by atoms with van der Waals surface area (Å²) in [5, 5.41) is 3.18. The number of nitrogens with one attached hydrogen (secondary N) is 1. The highest BCUT2D eigenvalue weighted by atomic mass is 16.5. The van der Waals surface area contributed by atoms with Gasteiger partial charge < -0.3 is 10.1 Å². The third kappa shape index (κ3) is 2.48. The average molecular weight is 171 g/mol. The molecule has 3 heteroatoms. The summed E-state index contributed by atoms with van der Waals surface area (Å²) in [6, 6.07) is 0.386. The Hall–Kier alpha value is -0.570. The van der Waals surface area contributed by atoms with Gasteiger partial charge in [-0.25, -0.2) is 0 Å². The second kappa shape index (κ2) is 3.90. The largest absolute Gasteiger partial charge is 0.462 e. The maximum absolute atomic E-state index is 11.3. The molecule has 1 fully saturated rings. The van der Waals surface area contributed by atoms with Crippen molar-refractivity contribution < 1.29 is 9.53 Å². The zero-order valence-corrected chi connectivity index (χ0v) is 7.96. The summed E-state index contributed by atoms with van der Waals surface area (Å²) in [7, 11) is 0. The van der Waals surface area contributed by atoms with Crippen molar-refractivity contribution in [1.82, 2.24) is 5.32 Å². The SMILES string of the molecule is CC1CCC(C(=O)OC(C)C)N1. The van der Waals surface area contributed by atoms with Crippen molar-refractivity contribution in [1.29, 1.82) is 0 Å². The van der Waals surface area contributed by atoms with Crippen molar-refractivity contribution >= 4 is 5.97 Å². The van der Waals surface area contributed by atoms with Gasteiger partial charge in [0.1, 0.15) is 6.04 Å². The lowest BCUT2D eigenvalue weighted by Crippen LogP contribution is -2.36. The van der Waals surface area contributed by atoms with Crippen LogP contribution in [0.2, 0.25) is 0 Å². The summed E-state index contributed by atoms with van der Waals surface area (Å²) in [6.45, 7) is 5.83. The molecule has 0 amide bonds. The van der Waals surface area contributed by atoms with Crippen LogP contribution in [-0.2, 0) is 9.53 Å². The van der Waals surface area contributed by atoms with Crippen LogP contribution in [0.3, 0.4) is 0 Å². The maximum atomic E-state index is 11.3. The first kappa shape index (κ1) is 9.52. The highest BCUT2D eigenvalue weighted by Crippen LogP contribution is 2.13. The lowest BCUT2D eigenvalue weighted by Gasteiger charge is -2.13. The number of carbonyl (C=O) groups excluding carboxylic acids is 1. The van der Waals surface area contributed by atoms with Gasteiger partial charge in [0, 0.05) is 6.04 Å². The van der Waals surface area contributed by atoms with E-state index >= 15 is 0 Å². The van der Waals surface area contributed by atoms with E-state index in [1.165, 1.54) is 0 Å². The fraction of sp³-hybridized carbons (Fsp3) is 0.889. The van der Waals surface area contributed by atoms with Gasteiger partial charge in [0.25, 0.3) is 0 Å². The summed E-state index contributed by atoms with van der Waals surface area (Å²) in [5.41, 5.74) is 0. The lowest BCUT2D eigenvalue weighted by molar-refractivity contribution is -0.149. The van der Waals surface area contributed by atoms with Crippen LogP contribution in [0, 0.1) is 0 Å². The number of hydrogen-bond donors (Lipinski definition) is 1. The van der Waals surface area contributed by atoms with Gasteiger partial charge >= 0.3 is 5.97 Å². The molecule has 1 aliphatic heterocycles. The molecule has 12 heavy (non-hydrogen) atoms. The predicted molar refractivity (Wildman–Crippen MR) is 46.8 cm³/mol. The molecule has 0 aromatic heterocycles. The van der Waals surface area contributed by atoms with Crippen LogP contribution in [0.4, 0.5) is 0 Å². The molecule has 1 aliphatic rings. The van der Waals surface area contributed by atoms with Gasteiger partial charge in [0.2, 0.25) is 0 Å². The molecular formula is C9H17NO2. The Morgan fingerprint density at radius 3 is 2.58 bits per heavy atom. The molecule has 0 radical (unpaired) electrons. The van der Waals surface area contributed by atoms with Crippen LogP contribution in [0.5, 0.6) is 0 Å². The van der Waals surface area contributed by atoms with E-state index in [0.29, 0.717) is 6.04 Å². The molecule has 1 saturated heterocycles. The molecule has 0 aliphatic carbocycles. The van der Waals surface area contributed by atoms with Gasteiger partial charge in [-0.3, -0.25) is 4.79 Å². The number of rotatable bonds is 2. The molecule has 0 bridgehead atoms. The Balaban J connectivity index is 2.33. The summed E-state index contributed by atoms with van der Waals surface area (Å²) >= 11 is 0. The van der Waals surface area contributed by atoms with E-state index in [4.69, 9.17) is 4.74 Å². The highest BCUT2D eigenvalue weighted by Gasteiger charge is 2.27. The molecule has 2 unspecified atom stereocenters. The van der Waals surface area contributed by atoms with Gasteiger partial charge in [-0.15, -0.1) is 0 Å². The van der Waals surface area contributed by atoms with Crippen molar-refractivity contribution in [3.8, 4) is 0 Å². The second-order valence-electron chi connectivity index (χ2n) is 3.68. The average Bonchev–Trinajstić information content (AvgIpc) is 2.34. The number of hydrogen-bond acceptors (Lipinski definition) is 3. The fourth-order valence-corrected chi connectivity index (χ4v) is 1.43. The molecular weight excluding hydrogens is 154 g/mol. The van der Waals surface area contributed by atoms with Crippen molar-refractivity contribution in [2.45, 2.75) is 51.8 Å². The highest BCUT2D eigenvalue weighted by molar-refractivity contribution is 5.76. The predicted octanol–water partition coefficient (Wildman–Crippen LogP) is 1.08. The zero-order valence-electron chi connectivity index (χ0n) is 7.96. The van der Waals surface area contributed by atoms with Crippen molar-refractivity contribution in [3.63, 3.8) is 0 Å². The molecule has 3 nitrogen and oxygen atoms in total. The van der Waals surface area contributed by atoms with Gasteiger partial charge in [0.05, 0.1) is 6.10 Å².